The van der Waals surface area contributed by atoms with Gasteiger partial charge in [-0.05, 0) is 42.9 Å². The normalized spacial score (nSPS) is 17.7. The summed E-state index contributed by atoms with van der Waals surface area (Å²) in [5, 5.41) is 9.31. The van der Waals surface area contributed by atoms with Gasteiger partial charge in [0.2, 0.25) is 5.91 Å². The zero-order chi connectivity index (χ0) is 22.6. The molecular weight excluding hydrogens is 410 g/mol. The molecule has 1 aromatic carbocycles. The third-order valence-electron chi connectivity index (χ3n) is 5.66. The van der Waals surface area contributed by atoms with E-state index in [1.54, 1.807) is 24.1 Å². The zero-order valence-corrected chi connectivity index (χ0v) is 18.9. The molecule has 0 spiro atoms. The molecule has 9 heteroatoms. The molecule has 2 heterocycles. The van der Waals surface area contributed by atoms with Gasteiger partial charge in [0, 0.05) is 65.2 Å². The number of ether oxygens (including phenoxy) is 2. The standard InChI is InChI=1S/C23H35N5O4/c1-24-23(26-9-2-12-32-17-19-7-13-31-14-8-19)27-15-18-3-5-20(6-4-18)22(30)28-11-10-25-21(29)16-28/h3-6,19H,2,7-17H2,1H3,(H,25,29)(H2,24,26,27). The average Bonchev–Trinajstić information content (AvgIpc) is 2.83. The third kappa shape index (κ3) is 7.80. The van der Waals surface area contributed by atoms with Crippen molar-refractivity contribution in [3.8, 4) is 0 Å². The van der Waals surface area contributed by atoms with E-state index in [-0.39, 0.29) is 18.4 Å². The first-order valence-electron chi connectivity index (χ1n) is 11.4. The number of nitrogens with one attached hydrogen (secondary N) is 3. The molecule has 2 aliphatic rings. The topological polar surface area (TPSA) is 104 Å². The largest absolute Gasteiger partial charge is 0.381 e. The highest BCUT2D eigenvalue weighted by Crippen LogP contribution is 2.14. The van der Waals surface area contributed by atoms with E-state index in [1.807, 2.05) is 12.1 Å². The van der Waals surface area contributed by atoms with Gasteiger partial charge in [0.05, 0.1) is 6.54 Å². The van der Waals surface area contributed by atoms with Crippen LogP contribution in [0.15, 0.2) is 29.3 Å². The van der Waals surface area contributed by atoms with Gasteiger partial charge in [-0.2, -0.15) is 0 Å². The molecule has 9 nitrogen and oxygen atoms in total. The number of nitrogens with zero attached hydrogens (tertiary/aromatic N) is 2. The average molecular weight is 446 g/mol. The molecule has 0 aliphatic carbocycles. The van der Waals surface area contributed by atoms with Crippen molar-refractivity contribution in [1.29, 1.82) is 0 Å². The summed E-state index contributed by atoms with van der Waals surface area (Å²) in [6, 6.07) is 7.44. The molecule has 32 heavy (non-hydrogen) atoms. The van der Waals surface area contributed by atoms with Gasteiger partial charge in [-0.25, -0.2) is 0 Å². The van der Waals surface area contributed by atoms with Crippen LogP contribution in [-0.2, 0) is 20.8 Å². The first-order chi connectivity index (χ1) is 15.7. The van der Waals surface area contributed by atoms with Crippen LogP contribution in [0.1, 0.15) is 35.2 Å². The summed E-state index contributed by atoms with van der Waals surface area (Å²) in [7, 11) is 1.74. The first-order valence-corrected chi connectivity index (χ1v) is 11.4. The molecule has 0 aromatic heterocycles. The van der Waals surface area contributed by atoms with Crippen molar-refractivity contribution in [2.75, 3.05) is 59.7 Å². The van der Waals surface area contributed by atoms with Gasteiger partial charge >= 0.3 is 0 Å². The fourth-order valence-corrected chi connectivity index (χ4v) is 3.71. The predicted molar refractivity (Wildman–Crippen MR) is 123 cm³/mol. The Balaban J connectivity index is 1.32. The van der Waals surface area contributed by atoms with Crippen molar-refractivity contribution in [3.05, 3.63) is 35.4 Å². The van der Waals surface area contributed by atoms with Crippen molar-refractivity contribution in [2.24, 2.45) is 10.9 Å². The van der Waals surface area contributed by atoms with E-state index >= 15 is 0 Å². The fraction of sp³-hybridized carbons (Fsp3) is 0.609. The van der Waals surface area contributed by atoms with E-state index in [4.69, 9.17) is 9.47 Å². The highest BCUT2D eigenvalue weighted by molar-refractivity contribution is 5.97. The number of hydrogen-bond acceptors (Lipinski definition) is 5. The molecule has 2 aliphatic heterocycles. The SMILES string of the molecule is CN=C(NCCCOCC1CCOCC1)NCc1ccc(C(=O)N2CCNC(=O)C2)cc1. The lowest BCUT2D eigenvalue weighted by molar-refractivity contribution is -0.123. The molecule has 0 radical (unpaired) electrons. The number of benzene rings is 1. The molecular formula is C23H35N5O4. The Hall–Kier alpha value is -2.65. The number of rotatable bonds is 9. The maximum absolute atomic E-state index is 12.5. The highest BCUT2D eigenvalue weighted by Gasteiger charge is 2.22. The number of carbonyl (C=O) groups is 2. The van der Waals surface area contributed by atoms with Crippen LogP contribution in [0.5, 0.6) is 0 Å². The lowest BCUT2D eigenvalue weighted by Gasteiger charge is -2.26. The molecule has 2 saturated heterocycles. The van der Waals surface area contributed by atoms with E-state index in [9.17, 15) is 9.59 Å². The lowest BCUT2D eigenvalue weighted by Crippen LogP contribution is -2.49. The molecule has 1 aromatic rings. The Morgan fingerprint density at radius 2 is 2.03 bits per heavy atom. The number of carbonyl (C=O) groups excluding carboxylic acids is 2. The van der Waals surface area contributed by atoms with Gasteiger partial charge in [-0.15, -0.1) is 0 Å². The zero-order valence-electron chi connectivity index (χ0n) is 18.9. The minimum atomic E-state index is -0.116. The Morgan fingerprint density at radius 3 is 2.75 bits per heavy atom. The quantitative estimate of drug-likeness (QED) is 0.295. The van der Waals surface area contributed by atoms with Gasteiger partial charge in [0.1, 0.15) is 0 Å². The summed E-state index contributed by atoms with van der Waals surface area (Å²) in [5.41, 5.74) is 1.63. The lowest BCUT2D eigenvalue weighted by atomic mass is 10.0. The minimum absolute atomic E-state index is 0.115. The maximum Gasteiger partial charge on any atom is 0.254 e. The van der Waals surface area contributed by atoms with E-state index in [1.165, 1.54) is 0 Å². The first kappa shape index (κ1) is 24.0. The summed E-state index contributed by atoms with van der Waals surface area (Å²) in [6.07, 6.45) is 3.11. The van der Waals surface area contributed by atoms with Gasteiger partial charge in [-0.3, -0.25) is 14.6 Å². The monoisotopic (exact) mass is 445 g/mol. The molecule has 0 saturated carbocycles. The van der Waals surface area contributed by atoms with Crippen LogP contribution in [0, 0.1) is 5.92 Å². The number of amides is 2. The van der Waals surface area contributed by atoms with Crippen LogP contribution in [0.3, 0.4) is 0 Å². The molecule has 0 bridgehead atoms. The van der Waals surface area contributed by atoms with Gasteiger partial charge in [-0.1, -0.05) is 12.1 Å². The summed E-state index contributed by atoms with van der Waals surface area (Å²) in [4.78, 5) is 29.9. The van der Waals surface area contributed by atoms with Gasteiger partial charge in [0.15, 0.2) is 5.96 Å². The Morgan fingerprint density at radius 1 is 1.25 bits per heavy atom. The van der Waals surface area contributed by atoms with Gasteiger partial charge in [0.25, 0.3) is 5.91 Å². The van der Waals surface area contributed by atoms with Crippen LogP contribution < -0.4 is 16.0 Å². The van der Waals surface area contributed by atoms with E-state index in [0.717, 1.165) is 63.8 Å². The van der Waals surface area contributed by atoms with Crippen LogP contribution in [0.25, 0.3) is 0 Å². The van der Waals surface area contributed by atoms with Crippen molar-refractivity contribution in [2.45, 2.75) is 25.8 Å². The van der Waals surface area contributed by atoms with Crippen molar-refractivity contribution < 1.29 is 19.1 Å². The third-order valence-corrected chi connectivity index (χ3v) is 5.66. The highest BCUT2D eigenvalue weighted by atomic mass is 16.5. The maximum atomic E-state index is 12.5. The van der Waals surface area contributed by atoms with Crippen LogP contribution in [0.2, 0.25) is 0 Å². The summed E-state index contributed by atoms with van der Waals surface area (Å²) in [6.45, 7) is 5.80. The predicted octanol–water partition coefficient (Wildman–Crippen LogP) is 0.757. The van der Waals surface area contributed by atoms with Crippen molar-refractivity contribution in [1.82, 2.24) is 20.9 Å². The number of piperazine rings is 1. The van der Waals surface area contributed by atoms with Gasteiger partial charge < -0.3 is 30.3 Å². The Kier molecular flexibility index (Phi) is 9.77. The summed E-state index contributed by atoms with van der Waals surface area (Å²) in [5.74, 6) is 1.13. The Bertz CT molecular complexity index is 762. The molecule has 3 N–H and O–H groups in total. The molecule has 2 amide bonds. The van der Waals surface area contributed by atoms with Crippen LogP contribution >= 0.6 is 0 Å². The number of guanidine groups is 1. The Labute approximate surface area is 189 Å². The van der Waals surface area contributed by atoms with E-state index < -0.39 is 0 Å². The summed E-state index contributed by atoms with van der Waals surface area (Å²) >= 11 is 0. The molecule has 0 unspecified atom stereocenters. The van der Waals surface area contributed by atoms with E-state index in [0.29, 0.717) is 31.1 Å². The molecule has 3 rings (SSSR count). The second-order valence-corrected chi connectivity index (χ2v) is 8.11. The smallest absolute Gasteiger partial charge is 0.254 e. The van der Waals surface area contributed by atoms with Crippen LogP contribution in [-0.4, -0.2) is 82.3 Å². The van der Waals surface area contributed by atoms with Crippen molar-refractivity contribution in [3.63, 3.8) is 0 Å². The minimum Gasteiger partial charge on any atom is -0.381 e. The second kappa shape index (κ2) is 13.0. The van der Waals surface area contributed by atoms with Crippen molar-refractivity contribution >= 4 is 17.8 Å². The second-order valence-electron chi connectivity index (χ2n) is 8.11. The van der Waals surface area contributed by atoms with E-state index in [2.05, 4.69) is 20.9 Å². The molecule has 0 atom stereocenters. The fourth-order valence-electron chi connectivity index (χ4n) is 3.71. The number of aliphatic imine (C=N–C) groups is 1. The summed E-state index contributed by atoms with van der Waals surface area (Å²) < 4.78 is 11.2. The van der Waals surface area contributed by atoms with Crippen LogP contribution in [0.4, 0.5) is 0 Å². The molecule has 2 fully saturated rings. The molecule has 176 valence electrons. The number of hydrogen-bond donors (Lipinski definition) is 3.